The molecule has 1 heterocycles. The lowest BCUT2D eigenvalue weighted by Crippen LogP contribution is -2.15. The Hall–Kier alpha value is -2.70. The molecule has 2 aromatic rings. The Morgan fingerprint density at radius 1 is 1.31 bits per heavy atom. The maximum absolute atomic E-state index is 11.7. The predicted molar refractivity (Wildman–Crippen MR) is 97.1 cm³/mol. The van der Waals surface area contributed by atoms with Crippen LogP contribution in [0.2, 0.25) is 0 Å². The zero-order chi connectivity index (χ0) is 18.4. The van der Waals surface area contributed by atoms with Crippen LogP contribution in [0.4, 0.5) is 0 Å². The van der Waals surface area contributed by atoms with Gasteiger partial charge in [-0.15, -0.1) is 0 Å². The minimum absolute atomic E-state index is 0.269. The van der Waals surface area contributed by atoms with Gasteiger partial charge in [-0.3, -0.25) is 0 Å². The second-order valence-electron chi connectivity index (χ2n) is 6.24. The highest BCUT2D eigenvalue weighted by Crippen LogP contribution is 2.32. The molecule has 0 spiro atoms. The Bertz CT molecular complexity index is 738. The molecule has 0 radical (unpaired) electrons. The van der Waals surface area contributed by atoms with Crippen LogP contribution in [0.5, 0.6) is 11.5 Å². The second-order valence-corrected chi connectivity index (χ2v) is 6.24. The summed E-state index contributed by atoms with van der Waals surface area (Å²) < 4.78 is 16.5. The Morgan fingerprint density at radius 3 is 2.85 bits per heavy atom. The number of carbonyl (C=O) groups is 1. The highest BCUT2D eigenvalue weighted by Gasteiger charge is 2.18. The van der Waals surface area contributed by atoms with Gasteiger partial charge in [-0.1, -0.05) is 6.07 Å². The van der Waals surface area contributed by atoms with E-state index in [1.165, 1.54) is 23.8 Å². The average Bonchev–Trinajstić information content (AvgIpc) is 3.32. The molecule has 1 fully saturated rings. The molecule has 0 aliphatic heterocycles. The number of carbonyl (C=O) groups excluding carboxylic acids is 1. The first-order chi connectivity index (χ1) is 12.7. The van der Waals surface area contributed by atoms with Crippen molar-refractivity contribution < 1.29 is 19.0 Å². The van der Waals surface area contributed by atoms with Crippen LogP contribution in [0, 0.1) is 0 Å². The molecule has 1 aliphatic carbocycles. The number of rotatable bonds is 8. The van der Waals surface area contributed by atoms with Crippen LogP contribution in [-0.4, -0.2) is 35.7 Å². The lowest BCUT2D eigenvalue weighted by Gasteiger charge is -2.17. The molecule has 7 nitrogen and oxygen atoms in total. The maximum atomic E-state index is 11.7. The normalized spacial score (nSPS) is 14.2. The van der Waals surface area contributed by atoms with Crippen molar-refractivity contribution >= 4 is 5.97 Å². The summed E-state index contributed by atoms with van der Waals surface area (Å²) in [5, 5.41) is 4.12. The largest absolute Gasteiger partial charge is 0.493 e. The van der Waals surface area contributed by atoms with Gasteiger partial charge in [0.05, 0.1) is 44.3 Å². The van der Waals surface area contributed by atoms with Crippen molar-refractivity contribution in [1.29, 1.82) is 0 Å². The van der Waals surface area contributed by atoms with E-state index < -0.39 is 0 Å². The summed E-state index contributed by atoms with van der Waals surface area (Å²) in [6.07, 6.45) is 7.98. The Labute approximate surface area is 153 Å². The van der Waals surface area contributed by atoms with Crippen LogP contribution >= 0.6 is 0 Å². The number of benzene rings is 1. The molecule has 26 heavy (non-hydrogen) atoms. The molecule has 0 atom stereocenters. The van der Waals surface area contributed by atoms with Crippen molar-refractivity contribution in [3.8, 4) is 11.5 Å². The molecular weight excluding hydrogens is 334 g/mol. The van der Waals surface area contributed by atoms with Gasteiger partial charge in [-0.05, 0) is 50.3 Å². The first-order valence-corrected chi connectivity index (χ1v) is 8.99. The summed E-state index contributed by atoms with van der Waals surface area (Å²) in [6.45, 7) is 2.65. The zero-order valence-corrected chi connectivity index (χ0v) is 15.2. The number of aromatic nitrogens is 2. The lowest BCUT2D eigenvalue weighted by atomic mass is 10.2. The fourth-order valence-electron chi connectivity index (χ4n) is 3.01. The van der Waals surface area contributed by atoms with Crippen molar-refractivity contribution in [2.75, 3.05) is 19.1 Å². The molecule has 1 saturated carbocycles. The van der Waals surface area contributed by atoms with Gasteiger partial charge in [0.2, 0.25) is 0 Å². The van der Waals surface area contributed by atoms with Crippen LogP contribution in [0.25, 0.3) is 0 Å². The Kier molecular flexibility index (Phi) is 5.99. The third-order valence-corrected chi connectivity index (χ3v) is 4.36. The number of nitrogens with one attached hydrogen (secondary N) is 1. The lowest BCUT2D eigenvalue weighted by molar-refractivity contribution is 0.0526. The van der Waals surface area contributed by atoms with Crippen LogP contribution in [0.1, 0.15) is 48.5 Å². The smallest absolute Gasteiger partial charge is 0.341 e. The predicted octanol–water partition coefficient (Wildman–Crippen LogP) is 3.13. The zero-order valence-electron chi connectivity index (χ0n) is 15.2. The van der Waals surface area contributed by atoms with Gasteiger partial charge in [0, 0.05) is 0 Å². The number of esters is 1. The van der Waals surface area contributed by atoms with Gasteiger partial charge in [0.15, 0.2) is 11.5 Å². The highest BCUT2D eigenvalue weighted by molar-refractivity contribution is 5.88. The van der Waals surface area contributed by atoms with Gasteiger partial charge >= 0.3 is 5.97 Å². The number of methoxy groups -OCH3 is 1. The summed E-state index contributed by atoms with van der Waals surface area (Å²) in [7, 11) is 1.65. The molecule has 1 N–H and O–H groups in total. The molecular formula is C19H25N3O4. The van der Waals surface area contributed by atoms with Crippen molar-refractivity contribution in [3.05, 3.63) is 41.7 Å². The third-order valence-electron chi connectivity index (χ3n) is 4.36. The van der Waals surface area contributed by atoms with E-state index in [1.807, 2.05) is 18.2 Å². The number of nitrogens with zero attached hydrogens (tertiary/aromatic N) is 2. The highest BCUT2D eigenvalue weighted by atomic mass is 16.5. The van der Waals surface area contributed by atoms with Gasteiger partial charge < -0.3 is 19.6 Å². The van der Waals surface area contributed by atoms with E-state index in [4.69, 9.17) is 14.2 Å². The number of hydrogen-bond acceptors (Lipinski definition) is 6. The Balaban J connectivity index is 1.63. The summed E-state index contributed by atoms with van der Waals surface area (Å²) in [6, 6.07) is 5.87. The molecule has 0 bridgehead atoms. The van der Waals surface area contributed by atoms with E-state index in [0.717, 1.165) is 29.9 Å². The average molecular weight is 359 g/mol. The first-order valence-electron chi connectivity index (χ1n) is 8.99. The molecule has 0 saturated heterocycles. The van der Waals surface area contributed by atoms with Crippen molar-refractivity contribution in [3.63, 3.8) is 0 Å². The number of ether oxygens (including phenoxy) is 3. The van der Waals surface area contributed by atoms with E-state index in [0.29, 0.717) is 18.7 Å². The molecule has 3 rings (SSSR count). The van der Waals surface area contributed by atoms with Gasteiger partial charge in [-0.25, -0.2) is 4.79 Å². The summed E-state index contributed by atoms with van der Waals surface area (Å²) in [4.78, 5) is 13.2. The summed E-state index contributed by atoms with van der Waals surface area (Å²) in [5.41, 5.74) is 4.59. The molecule has 1 aliphatic rings. The van der Waals surface area contributed by atoms with Crippen LogP contribution in [0.15, 0.2) is 30.6 Å². The summed E-state index contributed by atoms with van der Waals surface area (Å²) in [5.74, 6) is 1.13. The fraction of sp³-hybridized carbons (Fsp3) is 0.474. The topological polar surface area (TPSA) is 74.6 Å². The molecule has 7 heteroatoms. The fourth-order valence-corrected chi connectivity index (χ4v) is 3.01. The van der Waals surface area contributed by atoms with E-state index >= 15 is 0 Å². The summed E-state index contributed by atoms with van der Waals surface area (Å²) >= 11 is 0. The van der Waals surface area contributed by atoms with E-state index in [-0.39, 0.29) is 12.1 Å². The van der Waals surface area contributed by atoms with Crippen molar-refractivity contribution in [1.82, 2.24) is 9.89 Å². The third kappa shape index (κ3) is 4.47. The molecule has 0 amide bonds. The van der Waals surface area contributed by atoms with E-state index in [9.17, 15) is 4.79 Å². The number of hydrogen-bond donors (Lipinski definition) is 1. The van der Waals surface area contributed by atoms with Crippen LogP contribution in [0.3, 0.4) is 0 Å². The van der Waals surface area contributed by atoms with Crippen molar-refractivity contribution in [2.45, 2.75) is 45.3 Å². The van der Waals surface area contributed by atoms with Crippen LogP contribution < -0.4 is 14.9 Å². The molecule has 1 aromatic heterocycles. The van der Waals surface area contributed by atoms with E-state index in [2.05, 4.69) is 10.5 Å². The standard InChI is InChI=1S/C19H25N3O4/c1-3-25-19(23)15-12-21-22(13-15)20-11-14-8-9-17(24-2)18(10-14)26-16-6-4-5-7-16/h8-10,12-13,16,20H,3-7,11H2,1-2H3. The molecule has 0 unspecified atom stereocenters. The van der Waals surface area contributed by atoms with Gasteiger partial charge in [0.1, 0.15) is 0 Å². The first kappa shape index (κ1) is 18.1. The minimum atomic E-state index is -0.378. The Morgan fingerprint density at radius 2 is 2.12 bits per heavy atom. The molecule has 1 aromatic carbocycles. The quantitative estimate of drug-likeness (QED) is 0.730. The molecule has 140 valence electrons. The minimum Gasteiger partial charge on any atom is -0.493 e. The van der Waals surface area contributed by atoms with Crippen LogP contribution in [-0.2, 0) is 11.3 Å². The van der Waals surface area contributed by atoms with Gasteiger partial charge in [0.25, 0.3) is 0 Å². The van der Waals surface area contributed by atoms with Crippen molar-refractivity contribution in [2.24, 2.45) is 0 Å². The monoisotopic (exact) mass is 359 g/mol. The SMILES string of the molecule is CCOC(=O)c1cnn(NCc2ccc(OC)c(OC3CCCC3)c2)c1. The second kappa shape index (κ2) is 8.60. The maximum Gasteiger partial charge on any atom is 0.341 e. The van der Waals surface area contributed by atoms with E-state index in [1.54, 1.807) is 20.2 Å². The van der Waals surface area contributed by atoms with Gasteiger partial charge in [-0.2, -0.15) is 9.89 Å².